The quantitative estimate of drug-likeness (QED) is 0.283. The van der Waals surface area contributed by atoms with Gasteiger partial charge in [0.25, 0.3) is 0 Å². The number of fused-ring (bicyclic) bond motifs is 12. The molecule has 7 rings (SSSR count). The van der Waals surface area contributed by atoms with Crippen LogP contribution in [0.2, 0.25) is 0 Å². The predicted octanol–water partition coefficient (Wildman–Crippen LogP) is 6.92. The summed E-state index contributed by atoms with van der Waals surface area (Å²) in [4.78, 5) is 0. The molecule has 0 nitrogen and oxygen atoms in total. The fourth-order valence-electron chi connectivity index (χ4n) is 5.62. The Balaban J connectivity index is 1.63. The van der Waals surface area contributed by atoms with Crippen LogP contribution in [0.25, 0.3) is 33.9 Å². The van der Waals surface area contributed by atoms with Gasteiger partial charge in [0.05, 0.1) is 0 Å². The van der Waals surface area contributed by atoms with E-state index in [1.165, 1.54) is 61.2 Å². The molecule has 4 aromatic carbocycles. The zero-order valence-electron chi connectivity index (χ0n) is 15.4. The highest BCUT2D eigenvalue weighted by Gasteiger charge is 2.37. The monoisotopic (exact) mass is 354 g/mol. The minimum absolute atomic E-state index is 0.346. The SMILES string of the molecule is C1=C2c3ccccc3-c3c(ccc4c3-c3ccccc3C4)C2c2ccccc21. The zero-order chi connectivity index (χ0) is 18.2. The maximum absolute atomic E-state index is 2.41. The fourth-order valence-corrected chi connectivity index (χ4v) is 5.62. The van der Waals surface area contributed by atoms with Crippen molar-refractivity contribution in [1.82, 2.24) is 0 Å². The lowest BCUT2D eigenvalue weighted by Gasteiger charge is -2.30. The van der Waals surface area contributed by atoms with Gasteiger partial charge in [-0.25, -0.2) is 0 Å². The van der Waals surface area contributed by atoms with E-state index in [4.69, 9.17) is 0 Å². The van der Waals surface area contributed by atoms with E-state index in [2.05, 4.69) is 91.0 Å². The Labute approximate surface area is 164 Å². The van der Waals surface area contributed by atoms with Gasteiger partial charge in [-0.1, -0.05) is 84.9 Å². The summed E-state index contributed by atoms with van der Waals surface area (Å²) in [5.41, 5.74) is 15.8. The Morgan fingerprint density at radius 2 is 1.29 bits per heavy atom. The number of benzene rings is 4. The van der Waals surface area contributed by atoms with E-state index in [0.29, 0.717) is 5.92 Å². The fraction of sp³-hybridized carbons (Fsp3) is 0.0714. The van der Waals surface area contributed by atoms with Crippen LogP contribution < -0.4 is 0 Å². The largest absolute Gasteiger partial charge is 0.0619 e. The van der Waals surface area contributed by atoms with Crippen LogP contribution in [-0.4, -0.2) is 0 Å². The van der Waals surface area contributed by atoms with Crippen molar-refractivity contribution in [3.05, 3.63) is 118 Å². The second-order valence-corrected chi connectivity index (χ2v) is 8.11. The molecule has 4 aromatic rings. The Hall–Kier alpha value is -3.38. The van der Waals surface area contributed by atoms with Gasteiger partial charge in [0, 0.05) is 5.92 Å². The second-order valence-electron chi connectivity index (χ2n) is 8.11. The van der Waals surface area contributed by atoms with Crippen molar-refractivity contribution in [3.8, 4) is 22.3 Å². The third-order valence-corrected chi connectivity index (χ3v) is 6.74. The van der Waals surface area contributed by atoms with E-state index >= 15 is 0 Å². The molecule has 0 N–H and O–H groups in total. The molecule has 0 aliphatic heterocycles. The standard InChI is InChI=1S/C28H18/c1-3-9-20-17(7-1)15-19-13-14-24-27-21-10-4-2-8-18(21)16-25(27)22-11-5-6-12-23(22)28(24)26(19)20/h1-14,16,27H,15H2. The number of hydrogen-bond donors (Lipinski definition) is 0. The van der Waals surface area contributed by atoms with Gasteiger partial charge in [-0.2, -0.15) is 0 Å². The zero-order valence-corrected chi connectivity index (χ0v) is 15.4. The highest BCUT2D eigenvalue weighted by atomic mass is 14.4. The van der Waals surface area contributed by atoms with Gasteiger partial charge >= 0.3 is 0 Å². The van der Waals surface area contributed by atoms with Crippen molar-refractivity contribution < 1.29 is 0 Å². The first-order chi connectivity index (χ1) is 13.9. The molecule has 0 saturated heterocycles. The van der Waals surface area contributed by atoms with Crippen molar-refractivity contribution in [3.63, 3.8) is 0 Å². The van der Waals surface area contributed by atoms with Crippen molar-refractivity contribution in [2.24, 2.45) is 0 Å². The van der Waals surface area contributed by atoms with Gasteiger partial charge in [0.2, 0.25) is 0 Å². The molecule has 0 fully saturated rings. The lowest BCUT2D eigenvalue weighted by molar-refractivity contribution is 1.05. The molecule has 3 aliphatic rings. The summed E-state index contributed by atoms with van der Waals surface area (Å²) in [5.74, 6) is 0.346. The van der Waals surface area contributed by atoms with Crippen LogP contribution in [-0.2, 0) is 6.42 Å². The van der Waals surface area contributed by atoms with Crippen molar-refractivity contribution in [2.75, 3.05) is 0 Å². The summed E-state index contributed by atoms with van der Waals surface area (Å²) in [5, 5.41) is 0. The molecule has 0 bridgehead atoms. The van der Waals surface area contributed by atoms with Gasteiger partial charge in [0.1, 0.15) is 0 Å². The molecule has 0 aromatic heterocycles. The molecule has 28 heavy (non-hydrogen) atoms. The van der Waals surface area contributed by atoms with Gasteiger partial charge in [-0.15, -0.1) is 0 Å². The highest BCUT2D eigenvalue weighted by Crippen LogP contribution is 2.57. The molecule has 1 unspecified atom stereocenters. The molecule has 0 saturated carbocycles. The Bertz CT molecular complexity index is 1340. The lowest BCUT2D eigenvalue weighted by atomic mass is 9.72. The van der Waals surface area contributed by atoms with Crippen LogP contribution in [0, 0.1) is 0 Å². The van der Waals surface area contributed by atoms with E-state index in [1.807, 2.05) is 0 Å². The Morgan fingerprint density at radius 1 is 0.536 bits per heavy atom. The van der Waals surface area contributed by atoms with Crippen LogP contribution in [0.1, 0.15) is 39.3 Å². The number of rotatable bonds is 0. The van der Waals surface area contributed by atoms with Gasteiger partial charge in [-0.3, -0.25) is 0 Å². The van der Waals surface area contributed by atoms with Crippen LogP contribution >= 0.6 is 0 Å². The molecular weight excluding hydrogens is 336 g/mol. The van der Waals surface area contributed by atoms with E-state index in [0.717, 1.165) is 6.42 Å². The Kier molecular flexibility index (Phi) is 2.67. The molecule has 0 amide bonds. The highest BCUT2D eigenvalue weighted by molar-refractivity contribution is 6.06. The molecule has 0 radical (unpaired) electrons. The molecule has 130 valence electrons. The number of hydrogen-bond acceptors (Lipinski definition) is 0. The molecule has 0 spiro atoms. The van der Waals surface area contributed by atoms with Crippen LogP contribution in [0.4, 0.5) is 0 Å². The lowest BCUT2D eigenvalue weighted by Crippen LogP contribution is -2.10. The molecule has 0 heterocycles. The van der Waals surface area contributed by atoms with E-state index in [1.54, 1.807) is 0 Å². The van der Waals surface area contributed by atoms with Crippen LogP contribution in [0.5, 0.6) is 0 Å². The van der Waals surface area contributed by atoms with Gasteiger partial charge in [0.15, 0.2) is 0 Å². The van der Waals surface area contributed by atoms with Crippen molar-refractivity contribution in [2.45, 2.75) is 12.3 Å². The summed E-state index contributed by atoms with van der Waals surface area (Å²) >= 11 is 0. The maximum Gasteiger partial charge on any atom is 0.0358 e. The first-order valence-corrected chi connectivity index (χ1v) is 10.0. The van der Waals surface area contributed by atoms with Crippen LogP contribution in [0.15, 0.2) is 84.9 Å². The van der Waals surface area contributed by atoms with Crippen LogP contribution in [0.3, 0.4) is 0 Å². The summed E-state index contributed by atoms with van der Waals surface area (Å²) in [6, 6.07) is 31.6. The van der Waals surface area contributed by atoms with Crippen molar-refractivity contribution >= 4 is 11.6 Å². The first kappa shape index (κ1) is 14.6. The minimum Gasteiger partial charge on any atom is -0.0619 e. The van der Waals surface area contributed by atoms with Crippen molar-refractivity contribution in [1.29, 1.82) is 0 Å². The average molecular weight is 354 g/mol. The first-order valence-electron chi connectivity index (χ1n) is 10.0. The normalized spacial score (nSPS) is 17.0. The summed E-state index contributed by atoms with van der Waals surface area (Å²) < 4.78 is 0. The third kappa shape index (κ3) is 1.71. The van der Waals surface area contributed by atoms with Gasteiger partial charge < -0.3 is 0 Å². The summed E-state index contributed by atoms with van der Waals surface area (Å²) in [7, 11) is 0. The van der Waals surface area contributed by atoms with Gasteiger partial charge in [-0.05, 0) is 73.7 Å². The van der Waals surface area contributed by atoms with E-state index in [9.17, 15) is 0 Å². The second kappa shape index (κ2) is 5.11. The molecule has 0 heteroatoms. The average Bonchev–Trinajstić information content (AvgIpc) is 3.32. The summed E-state index contributed by atoms with van der Waals surface area (Å²) in [6.07, 6.45) is 3.45. The molecule has 3 aliphatic carbocycles. The predicted molar refractivity (Wildman–Crippen MR) is 116 cm³/mol. The molecular formula is C28H18. The maximum atomic E-state index is 2.41. The van der Waals surface area contributed by atoms with E-state index in [-0.39, 0.29) is 0 Å². The third-order valence-electron chi connectivity index (χ3n) is 6.74. The molecule has 1 atom stereocenters. The topological polar surface area (TPSA) is 0 Å². The number of allylic oxidation sites excluding steroid dienone is 1. The Morgan fingerprint density at radius 3 is 2.21 bits per heavy atom. The smallest absolute Gasteiger partial charge is 0.0358 e. The van der Waals surface area contributed by atoms with E-state index < -0.39 is 0 Å². The summed E-state index contributed by atoms with van der Waals surface area (Å²) in [6.45, 7) is 0. The minimum atomic E-state index is 0.346.